The fourth-order valence-corrected chi connectivity index (χ4v) is 3.42. The van der Waals surface area contributed by atoms with Gasteiger partial charge in [-0.3, -0.25) is 4.79 Å². The molecule has 1 atom stereocenters. The Morgan fingerprint density at radius 1 is 1.48 bits per heavy atom. The third-order valence-corrected chi connectivity index (χ3v) is 4.76. The highest BCUT2D eigenvalue weighted by atomic mass is 32.1. The molecular formula is C15H19N3O2S. The topological polar surface area (TPSA) is 67.2 Å². The van der Waals surface area contributed by atoms with Gasteiger partial charge < -0.3 is 15.1 Å². The van der Waals surface area contributed by atoms with Crippen LogP contribution in [-0.4, -0.2) is 30.0 Å². The Labute approximate surface area is 127 Å². The molecule has 1 saturated heterocycles. The van der Waals surface area contributed by atoms with Crippen molar-refractivity contribution in [2.75, 3.05) is 13.1 Å². The quantitative estimate of drug-likeness (QED) is 0.914. The van der Waals surface area contributed by atoms with E-state index in [0.29, 0.717) is 4.88 Å². The fraction of sp³-hybridized carbons (Fsp3) is 0.467. The van der Waals surface area contributed by atoms with E-state index in [1.807, 2.05) is 26.0 Å². The molecule has 1 fully saturated rings. The summed E-state index contributed by atoms with van der Waals surface area (Å²) in [6, 6.07) is 4.00. The number of aromatic nitrogens is 1. The van der Waals surface area contributed by atoms with E-state index in [0.717, 1.165) is 48.2 Å². The number of hydrogen-bond donors (Lipinski definition) is 2. The molecule has 3 rings (SSSR count). The molecule has 6 heteroatoms. The lowest BCUT2D eigenvalue weighted by atomic mass is 10.1. The smallest absolute Gasteiger partial charge is 0.263 e. The Kier molecular flexibility index (Phi) is 4.07. The molecule has 0 spiro atoms. The maximum Gasteiger partial charge on any atom is 0.263 e. The van der Waals surface area contributed by atoms with Crippen molar-refractivity contribution in [3.05, 3.63) is 28.5 Å². The average Bonchev–Trinajstić information content (AvgIpc) is 3.06. The second kappa shape index (κ2) is 5.99. The number of carbonyl (C=O) groups excluding carboxylic acids is 1. The number of nitrogens with one attached hydrogen (secondary N) is 2. The van der Waals surface area contributed by atoms with Gasteiger partial charge in [0.25, 0.3) is 5.91 Å². The molecule has 2 aromatic heterocycles. The van der Waals surface area contributed by atoms with Crippen molar-refractivity contribution in [1.82, 2.24) is 15.6 Å². The number of nitrogens with zero attached hydrogens (tertiary/aromatic N) is 1. The largest absolute Gasteiger partial charge is 0.459 e. The van der Waals surface area contributed by atoms with Gasteiger partial charge in [0, 0.05) is 12.6 Å². The first kappa shape index (κ1) is 14.3. The third-order valence-electron chi connectivity index (χ3n) is 3.59. The minimum Gasteiger partial charge on any atom is -0.459 e. The van der Waals surface area contributed by atoms with Crippen LogP contribution in [0.2, 0.25) is 0 Å². The summed E-state index contributed by atoms with van der Waals surface area (Å²) >= 11 is 1.39. The van der Waals surface area contributed by atoms with Crippen LogP contribution in [0.25, 0.3) is 10.8 Å². The van der Waals surface area contributed by atoms with E-state index in [9.17, 15) is 4.79 Å². The van der Waals surface area contributed by atoms with Crippen molar-refractivity contribution in [2.45, 2.75) is 32.7 Å². The fourth-order valence-electron chi connectivity index (χ4n) is 2.49. The monoisotopic (exact) mass is 305 g/mol. The highest BCUT2D eigenvalue weighted by Crippen LogP contribution is 2.29. The number of aryl methyl sites for hydroxylation is 2. The highest BCUT2D eigenvalue weighted by Gasteiger charge is 2.21. The van der Waals surface area contributed by atoms with Gasteiger partial charge in [0.05, 0.1) is 5.69 Å². The van der Waals surface area contributed by atoms with Gasteiger partial charge >= 0.3 is 0 Å². The van der Waals surface area contributed by atoms with Gasteiger partial charge in [0.1, 0.15) is 10.6 Å². The molecule has 0 radical (unpaired) electrons. The van der Waals surface area contributed by atoms with Crippen LogP contribution in [0, 0.1) is 13.8 Å². The van der Waals surface area contributed by atoms with Crippen molar-refractivity contribution >= 4 is 17.2 Å². The van der Waals surface area contributed by atoms with Crippen molar-refractivity contribution in [3.8, 4) is 10.8 Å². The summed E-state index contributed by atoms with van der Waals surface area (Å²) in [5.74, 6) is 1.53. The molecule has 1 aliphatic rings. The minimum atomic E-state index is -0.0340. The molecule has 1 amide bonds. The zero-order valence-electron chi connectivity index (χ0n) is 12.2. The van der Waals surface area contributed by atoms with Gasteiger partial charge in [-0.2, -0.15) is 0 Å². The maximum absolute atomic E-state index is 12.4. The van der Waals surface area contributed by atoms with Crippen molar-refractivity contribution in [1.29, 1.82) is 0 Å². The Balaban J connectivity index is 1.75. The number of hydrogen-bond acceptors (Lipinski definition) is 5. The molecule has 112 valence electrons. The number of furan rings is 1. The van der Waals surface area contributed by atoms with Crippen molar-refractivity contribution in [3.63, 3.8) is 0 Å². The predicted molar refractivity (Wildman–Crippen MR) is 82.6 cm³/mol. The number of carbonyl (C=O) groups is 1. The highest BCUT2D eigenvalue weighted by molar-refractivity contribution is 7.17. The summed E-state index contributed by atoms with van der Waals surface area (Å²) < 4.78 is 5.57. The van der Waals surface area contributed by atoms with Gasteiger partial charge in [-0.05, 0) is 45.4 Å². The van der Waals surface area contributed by atoms with Crippen LogP contribution >= 0.6 is 11.3 Å². The molecular weight excluding hydrogens is 286 g/mol. The first-order valence-corrected chi connectivity index (χ1v) is 8.01. The van der Waals surface area contributed by atoms with Crippen LogP contribution in [0.5, 0.6) is 0 Å². The summed E-state index contributed by atoms with van der Waals surface area (Å²) in [5.41, 5.74) is 0.755. The summed E-state index contributed by atoms with van der Waals surface area (Å²) in [5, 5.41) is 7.14. The number of piperidine rings is 1. The van der Waals surface area contributed by atoms with Gasteiger partial charge in [0.15, 0.2) is 10.8 Å². The molecule has 1 aliphatic heterocycles. The molecule has 0 aliphatic carbocycles. The summed E-state index contributed by atoms with van der Waals surface area (Å²) in [4.78, 5) is 17.5. The van der Waals surface area contributed by atoms with E-state index >= 15 is 0 Å². The van der Waals surface area contributed by atoms with Crippen LogP contribution in [0.15, 0.2) is 16.5 Å². The standard InChI is InChI=1S/C15H19N3O2S/c1-9-5-6-12(20-9)15-17-10(2)13(21-15)14(19)18-11-4-3-7-16-8-11/h5-6,11,16H,3-4,7-8H2,1-2H3,(H,18,19)/t11-/m0/s1. The van der Waals surface area contributed by atoms with E-state index in [1.54, 1.807) is 0 Å². The number of rotatable bonds is 3. The van der Waals surface area contributed by atoms with Crippen molar-refractivity contribution in [2.24, 2.45) is 0 Å². The SMILES string of the molecule is Cc1ccc(-c2nc(C)c(C(=O)N[C@H]3CCCNC3)s2)o1. The molecule has 3 heterocycles. The van der Waals surface area contributed by atoms with E-state index in [-0.39, 0.29) is 11.9 Å². The molecule has 2 N–H and O–H groups in total. The Hall–Kier alpha value is -1.66. The molecule has 0 unspecified atom stereocenters. The predicted octanol–water partition coefficient (Wildman–Crippen LogP) is 2.50. The Morgan fingerprint density at radius 2 is 2.33 bits per heavy atom. The minimum absolute atomic E-state index is 0.0340. The second-order valence-electron chi connectivity index (χ2n) is 5.36. The summed E-state index contributed by atoms with van der Waals surface area (Å²) in [6.07, 6.45) is 2.13. The number of amides is 1. The van der Waals surface area contributed by atoms with Crippen LogP contribution < -0.4 is 10.6 Å². The normalized spacial score (nSPS) is 18.7. The first-order valence-electron chi connectivity index (χ1n) is 7.19. The Bertz CT molecular complexity index is 641. The zero-order valence-corrected chi connectivity index (χ0v) is 13.0. The molecule has 0 aromatic carbocycles. The average molecular weight is 305 g/mol. The van der Waals surface area contributed by atoms with Gasteiger partial charge in [-0.15, -0.1) is 11.3 Å². The van der Waals surface area contributed by atoms with E-state index in [1.165, 1.54) is 11.3 Å². The number of thiazole rings is 1. The summed E-state index contributed by atoms with van der Waals surface area (Å²) in [6.45, 7) is 5.64. The van der Waals surface area contributed by atoms with Crippen LogP contribution in [-0.2, 0) is 0 Å². The third kappa shape index (κ3) is 3.16. The van der Waals surface area contributed by atoms with E-state index in [4.69, 9.17) is 4.42 Å². The van der Waals surface area contributed by atoms with Gasteiger partial charge in [-0.25, -0.2) is 4.98 Å². The van der Waals surface area contributed by atoms with E-state index in [2.05, 4.69) is 15.6 Å². The van der Waals surface area contributed by atoms with Crippen LogP contribution in [0.3, 0.4) is 0 Å². The van der Waals surface area contributed by atoms with Crippen LogP contribution in [0.4, 0.5) is 0 Å². The molecule has 2 aromatic rings. The lowest BCUT2D eigenvalue weighted by Gasteiger charge is -2.23. The van der Waals surface area contributed by atoms with Crippen LogP contribution in [0.1, 0.15) is 34.0 Å². The maximum atomic E-state index is 12.4. The molecule has 21 heavy (non-hydrogen) atoms. The molecule has 0 bridgehead atoms. The van der Waals surface area contributed by atoms with Gasteiger partial charge in [-0.1, -0.05) is 0 Å². The Morgan fingerprint density at radius 3 is 3.00 bits per heavy atom. The molecule has 0 saturated carbocycles. The van der Waals surface area contributed by atoms with Gasteiger partial charge in [0.2, 0.25) is 0 Å². The lowest BCUT2D eigenvalue weighted by Crippen LogP contribution is -2.45. The van der Waals surface area contributed by atoms with E-state index < -0.39 is 0 Å². The van der Waals surface area contributed by atoms with Crippen molar-refractivity contribution < 1.29 is 9.21 Å². The first-order chi connectivity index (χ1) is 10.1. The lowest BCUT2D eigenvalue weighted by molar-refractivity contribution is 0.0934. The zero-order chi connectivity index (χ0) is 14.8. The molecule has 5 nitrogen and oxygen atoms in total. The second-order valence-corrected chi connectivity index (χ2v) is 6.36. The summed E-state index contributed by atoms with van der Waals surface area (Å²) in [7, 11) is 0.